The summed E-state index contributed by atoms with van der Waals surface area (Å²) in [7, 11) is 1.57. The molecule has 1 aliphatic rings. The summed E-state index contributed by atoms with van der Waals surface area (Å²) >= 11 is 0. The van der Waals surface area contributed by atoms with Gasteiger partial charge in [-0.1, -0.05) is 18.2 Å². The average molecular weight is 247 g/mol. The fourth-order valence-corrected chi connectivity index (χ4v) is 1.88. The molecule has 1 aliphatic carbocycles. The van der Waals surface area contributed by atoms with Crippen LogP contribution in [0.5, 0.6) is 5.88 Å². The molecule has 2 atom stereocenters. The standard InChI is InChI=1S/C13H17N3O2/c1-18-12-5-2-9(7-15-12)8-16-13(17)10-3-4-11(14)6-10/h2-5,7,10-11H,6,8,14H2,1H3,(H,16,17). The Morgan fingerprint density at radius 1 is 1.56 bits per heavy atom. The van der Waals surface area contributed by atoms with Gasteiger partial charge < -0.3 is 15.8 Å². The van der Waals surface area contributed by atoms with Crippen LogP contribution in [0, 0.1) is 5.92 Å². The molecule has 1 aromatic rings. The number of hydrogen-bond acceptors (Lipinski definition) is 4. The number of hydrogen-bond donors (Lipinski definition) is 2. The van der Waals surface area contributed by atoms with E-state index in [1.807, 2.05) is 18.2 Å². The van der Waals surface area contributed by atoms with Crippen molar-refractivity contribution in [2.24, 2.45) is 11.7 Å². The highest BCUT2D eigenvalue weighted by molar-refractivity contribution is 5.81. The van der Waals surface area contributed by atoms with Gasteiger partial charge in [-0.2, -0.15) is 0 Å². The highest BCUT2D eigenvalue weighted by atomic mass is 16.5. The summed E-state index contributed by atoms with van der Waals surface area (Å²) < 4.78 is 4.97. The second kappa shape index (κ2) is 5.64. The number of rotatable bonds is 4. The number of nitrogens with two attached hydrogens (primary N) is 1. The van der Waals surface area contributed by atoms with E-state index in [0.717, 1.165) is 5.56 Å². The summed E-state index contributed by atoms with van der Waals surface area (Å²) in [5.74, 6) is 0.469. The van der Waals surface area contributed by atoms with E-state index in [2.05, 4.69) is 10.3 Å². The molecule has 0 saturated heterocycles. The molecule has 5 heteroatoms. The van der Waals surface area contributed by atoms with Gasteiger partial charge in [0.2, 0.25) is 11.8 Å². The first-order valence-corrected chi connectivity index (χ1v) is 5.89. The lowest BCUT2D eigenvalue weighted by molar-refractivity contribution is -0.123. The Balaban J connectivity index is 1.83. The van der Waals surface area contributed by atoms with E-state index >= 15 is 0 Å². The highest BCUT2D eigenvalue weighted by Gasteiger charge is 2.22. The van der Waals surface area contributed by atoms with Gasteiger partial charge in [0.15, 0.2) is 0 Å². The van der Waals surface area contributed by atoms with Crippen LogP contribution in [0.25, 0.3) is 0 Å². The van der Waals surface area contributed by atoms with E-state index in [1.165, 1.54) is 0 Å². The Kier molecular flexibility index (Phi) is 3.94. The summed E-state index contributed by atoms with van der Waals surface area (Å²) in [4.78, 5) is 15.9. The van der Waals surface area contributed by atoms with Gasteiger partial charge in [0.1, 0.15) is 0 Å². The Bertz CT molecular complexity index is 442. The molecule has 0 radical (unpaired) electrons. The highest BCUT2D eigenvalue weighted by Crippen LogP contribution is 2.16. The van der Waals surface area contributed by atoms with E-state index < -0.39 is 0 Å². The van der Waals surface area contributed by atoms with Gasteiger partial charge in [0, 0.05) is 24.8 Å². The zero-order valence-corrected chi connectivity index (χ0v) is 10.3. The largest absolute Gasteiger partial charge is 0.481 e. The monoisotopic (exact) mass is 247 g/mol. The number of pyridine rings is 1. The lowest BCUT2D eigenvalue weighted by Gasteiger charge is -2.10. The summed E-state index contributed by atoms with van der Waals surface area (Å²) in [5.41, 5.74) is 6.65. The molecule has 3 N–H and O–H groups in total. The molecule has 0 aromatic carbocycles. The molecule has 1 aromatic heterocycles. The first-order chi connectivity index (χ1) is 8.69. The minimum atomic E-state index is -0.105. The van der Waals surface area contributed by atoms with Crippen molar-refractivity contribution in [2.75, 3.05) is 7.11 Å². The number of methoxy groups -OCH3 is 1. The van der Waals surface area contributed by atoms with E-state index in [4.69, 9.17) is 10.5 Å². The second-order valence-electron chi connectivity index (χ2n) is 4.32. The van der Waals surface area contributed by atoms with Gasteiger partial charge in [-0.3, -0.25) is 4.79 Å². The normalized spacial score (nSPS) is 21.9. The quantitative estimate of drug-likeness (QED) is 0.764. The predicted molar refractivity (Wildman–Crippen MR) is 67.9 cm³/mol. The Morgan fingerprint density at radius 3 is 2.94 bits per heavy atom. The smallest absolute Gasteiger partial charge is 0.227 e. The molecule has 5 nitrogen and oxygen atoms in total. The molecule has 0 aliphatic heterocycles. The number of carbonyl (C=O) groups excluding carboxylic acids is 1. The Hall–Kier alpha value is -1.88. The molecule has 18 heavy (non-hydrogen) atoms. The zero-order chi connectivity index (χ0) is 13.0. The number of carbonyl (C=O) groups is 1. The molecular weight excluding hydrogens is 230 g/mol. The topological polar surface area (TPSA) is 77.2 Å². The maximum Gasteiger partial charge on any atom is 0.227 e. The van der Waals surface area contributed by atoms with Gasteiger partial charge in [-0.15, -0.1) is 0 Å². The van der Waals surface area contributed by atoms with E-state index in [1.54, 1.807) is 19.4 Å². The van der Waals surface area contributed by atoms with Crippen LogP contribution >= 0.6 is 0 Å². The third kappa shape index (κ3) is 3.07. The first kappa shape index (κ1) is 12.6. The summed E-state index contributed by atoms with van der Waals surface area (Å²) in [5, 5.41) is 2.87. The van der Waals surface area contributed by atoms with Gasteiger partial charge in [-0.05, 0) is 12.0 Å². The molecule has 0 saturated carbocycles. The van der Waals surface area contributed by atoms with Crippen molar-refractivity contribution in [3.63, 3.8) is 0 Å². The second-order valence-corrected chi connectivity index (χ2v) is 4.32. The van der Waals surface area contributed by atoms with E-state index in [9.17, 15) is 4.79 Å². The zero-order valence-electron chi connectivity index (χ0n) is 10.3. The van der Waals surface area contributed by atoms with Crippen LogP contribution in [-0.2, 0) is 11.3 Å². The number of aromatic nitrogens is 1. The lowest BCUT2D eigenvalue weighted by atomic mass is 10.1. The molecule has 0 bridgehead atoms. The minimum absolute atomic E-state index is 0.00315. The number of nitrogens with one attached hydrogen (secondary N) is 1. The van der Waals surface area contributed by atoms with Crippen LogP contribution in [0.15, 0.2) is 30.5 Å². The molecule has 1 amide bonds. The van der Waals surface area contributed by atoms with E-state index in [0.29, 0.717) is 18.8 Å². The first-order valence-electron chi connectivity index (χ1n) is 5.89. The van der Waals surface area contributed by atoms with Gasteiger partial charge in [0.25, 0.3) is 0 Å². The van der Waals surface area contributed by atoms with E-state index in [-0.39, 0.29) is 17.9 Å². The lowest BCUT2D eigenvalue weighted by Crippen LogP contribution is -2.30. The third-order valence-electron chi connectivity index (χ3n) is 2.93. The van der Waals surface area contributed by atoms with Gasteiger partial charge >= 0.3 is 0 Å². The van der Waals surface area contributed by atoms with Crippen LogP contribution in [-0.4, -0.2) is 24.0 Å². The molecule has 2 unspecified atom stereocenters. The summed E-state index contributed by atoms with van der Waals surface area (Å²) in [6.07, 6.45) is 6.12. The fraction of sp³-hybridized carbons (Fsp3) is 0.385. The van der Waals surface area contributed by atoms with Crippen molar-refractivity contribution < 1.29 is 9.53 Å². The Labute approximate surface area is 106 Å². The molecule has 1 heterocycles. The van der Waals surface area contributed by atoms with Gasteiger partial charge in [-0.25, -0.2) is 4.98 Å². The van der Waals surface area contributed by atoms with Crippen LogP contribution in [0.4, 0.5) is 0 Å². The Morgan fingerprint density at radius 2 is 2.39 bits per heavy atom. The van der Waals surface area contributed by atoms with Crippen LogP contribution in [0.2, 0.25) is 0 Å². The van der Waals surface area contributed by atoms with Gasteiger partial charge in [0.05, 0.1) is 13.0 Å². The minimum Gasteiger partial charge on any atom is -0.481 e. The average Bonchev–Trinajstić information content (AvgIpc) is 2.83. The van der Waals surface area contributed by atoms with Crippen LogP contribution in [0.3, 0.4) is 0 Å². The predicted octanol–water partition coefficient (Wildman–Crippen LogP) is 0.610. The van der Waals surface area contributed by atoms with Crippen LogP contribution < -0.4 is 15.8 Å². The number of amides is 1. The maximum atomic E-state index is 11.8. The fourth-order valence-electron chi connectivity index (χ4n) is 1.88. The van der Waals surface area contributed by atoms with Crippen molar-refractivity contribution >= 4 is 5.91 Å². The number of ether oxygens (including phenoxy) is 1. The van der Waals surface area contributed by atoms with Crippen molar-refractivity contribution in [3.05, 3.63) is 36.0 Å². The molecule has 0 spiro atoms. The van der Waals surface area contributed by atoms with Crippen molar-refractivity contribution in [2.45, 2.75) is 19.0 Å². The van der Waals surface area contributed by atoms with Crippen molar-refractivity contribution in [1.29, 1.82) is 0 Å². The summed E-state index contributed by atoms with van der Waals surface area (Å²) in [6.45, 7) is 0.468. The number of nitrogens with zero attached hydrogens (tertiary/aromatic N) is 1. The third-order valence-corrected chi connectivity index (χ3v) is 2.93. The molecular formula is C13H17N3O2. The molecule has 2 rings (SSSR count). The van der Waals surface area contributed by atoms with Crippen molar-refractivity contribution in [1.82, 2.24) is 10.3 Å². The molecule has 96 valence electrons. The molecule has 0 fully saturated rings. The van der Waals surface area contributed by atoms with Crippen molar-refractivity contribution in [3.8, 4) is 5.88 Å². The SMILES string of the molecule is COc1ccc(CNC(=O)C2C=CC(N)C2)cn1. The van der Waals surface area contributed by atoms with Crippen LogP contribution in [0.1, 0.15) is 12.0 Å². The summed E-state index contributed by atoms with van der Waals surface area (Å²) in [6, 6.07) is 3.65. The maximum absolute atomic E-state index is 11.8.